The van der Waals surface area contributed by atoms with Crippen LogP contribution < -0.4 is 4.90 Å². The Morgan fingerprint density at radius 1 is 0.750 bits per heavy atom. The maximum Gasteiger partial charge on any atom is 0.225 e. The summed E-state index contributed by atoms with van der Waals surface area (Å²) in [6, 6.07) is 8.79. The van der Waals surface area contributed by atoms with Crippen molar-refractivity contribution in [2.75, 3.05) is 31.1 Å². The van der Waals surface area contributed by atoms with Crippen LogP contribution in [-0.4, -0.2) is 37.0 Å². The Kier molecular flexibility index (Phi) is 6.59. The van der Waals surface area contributed by atoms with Crippen LogP contribution in [0.4, 0.5) is 5.69 Å². The maximum atomic E-state index is 13.2. The van der Waals surface area contributed by atoms with Gasteiger partial charge in [-0.25, -0.2) is 0 Å². The molecule has 0 aromatic heterocycles. The first-order valence-corrected chi connectivity index (χ1v) is 11.8. The molecule has 1 aromatic rings. The lowest BCUT2D eigenvalue weighted by molar-refractivity contribution is -0.136. The smallest absolute Gasteiger partial charge is 0.225 e. The van der Waals surface area contributed by atoms with Gasteiger partial charge in [-0.05, 0) is 50.2 Å². The normalized spacial score (nSPS) is 27.5. The largest absolute Gasteiger partial charge is 0.368 e. The van der Waals surface area contributed by atoms with Gasteiger partial charge in [0.05, 0.1) is 0 Å². The highest BCUT2D eigenvalue weighted by molar-refractivity contribution is 5.79. The number of hydrogen-bond donors (Lipinski definition) is 0. The van der Waals surface area contributed by atoms with Gasteiger partial charge in [-0.15, -0.1) is 0 Å². The number of piperazine rings is 1. The van der Waals surface area contributed by atoms with Crippen LogP contribution in [0.3, 0.4) is 0 Å². The topological polar surface area (TPSA) is 23.6 Å². The first kappa shape index (κ1) is 19.8. The van der Waals surface area contributed by atoms with Crippen LogP contribution in [0.5, 0.6) is 0 Å². The SMILES string of the molecule is Cc1ccc(N2CCN(C(=O)C3CCCCC(C4CCCC4)CC3)CC2)cc1. The number of amides is 1. The average molecular weight is 383 g/mol. The Morgan fingerprint density at radius 2 is 1.32 bits per heavy atom. The lowest BCUT2D eigenvalue weighted by Gasteiger charge is -2.38. The van der Waals surface area contributed by atoms with E-state index in [2.05, 4.69) is 41.0 Å². The zero-order valence-corrected chi connectivity index (χ0v) is 17.7. The van der Waals surface area contributed by atoms with E-state index in [1.807, 2.05) is 0 Å². The van der Waals surface area contributed by atoms with Gasteiger partial charge in [0, 0.05) is 37.8 Å². The summed E-state index contributed by atoms with van der Waals surface area (Å²) in [5, 5.41) is 0. The van der Waals surface area contributed by atoms with Crippen molar-refractivity contribution in [2.45, 2.75) is 71.1 Å². The molecule has 2 aliphatic carbocycles. The Hall–Kier alpha value is -1.51. The van der Waals surface area contributed by atoms with E-state index in [9.17, 15) is 4.79 Å². The monoisotopic (exact) mass is 382 g/mol. The van der Waals surface area contributed by atoms with Crippen molar-refractivity contribution in [3.63, 3.8) is 0 Å². The highest BCUT2D eigenvalue weighted by atomic mass is 16.2. The second kappa shape index (κ2) is 9.33. The van der Waals surface area contributed by atoms with Crippen LogP contribution in [0.15, 0.2) is 24.3 Å². The predicted octanol–water partition coefficient (Wildman–Crippen LogP) is 5.42. The summed E-state index contributed by atoms with van der Waals surface area (Å²) in [5.41, 5.74) is 2.60. The molecule has 1 heterocycles. The Morgan fingerprint density at radius 3 is 1.96 bits per heavy atom. The molecule has 2 unspecified atom stereocenters. The molecule has 3 nitrogen and oxygen atoms in total. The van der Waals surface area contributed by atoms with Crippen molar-refractivity contribution in [1.29, 1.82) is 0 Å². The molecule has 4 rings (SSSR count). The van der Waals surface area contributed by atoms with E-state index in [0.29, 0.717) is 5.91 Å². The first-order valence-electron chi connectivity index (χ1n) is 11.8. The van der Waals surface area contributed by atoms with Crippen LogP contribution in [0.1, 0.15) is 69.8 Å². The Labute approximate surface area is 171 Å². The van der Waals surface area contributed by atoms with Gasteiger partial charge in [-0.2, -0.15) is 0 Å². The van der Waals surface area contributed by atoms with Gasteiger partial charge in [0.2, 0.25) is 5.91 Å². The number of aryl methyl sites for hydroxylation is 1. The van der Waals surface area contributed by atoms with E-state index in [0.717, 1.165) is 50.9 Å². The van der Waals surface area contributed by atoms with Crippen molar-refractivity contribution in [3.05, 3.63) is 29.8 Å². The number of rotatable bonds is 3. The van der Waals surface area contributed by atoms with Crippen LogP contribution in [0.25, 0.3) is 0 Å². The quantitative estimate of drug-likeness (QED) is 0.697. The molecule has 0 radical (unpaired) electrons. The molecule has 3 aliphatic rings. The average Bonchev–Trinajstić information content (AvgIpc) is 3.23. The molecule has 1 saturated heterocycles. The fourth-order valence-corrected chi connectivity index (χ4v) is 5.85. The zero-order valence-electron chi connectivity index (χ0n) is 17.7. The van der Waals surface area contributed by atoms with Gasteiger partial charge in [0.1, 0.15) is 0 Å². The molecule has 2 saturated carbocycles. The summed E-state index contributed by atoms with van der Waals surface area (Å²) in [6.45, 7) is 5.83. The van der Waals surface area contributed by atoms with Gasteiger partial charge < -0.3 is 9.80 Å². The van der Waals surface area contributed by atoms with Crippen molar-refractivity contribution < 1.29 is 4.79 Å². The molecule has 0 spiro atoms. The molecule has 1 aliphatic heterocycles. The van der Waals surface area contributed by atoms with Gasteiger partial charge in [-0.3, -0.25) is 4.79 Å². The molecule has 1 amide bonds. The first-order chi connectivity index (χ1) is 13.7. The molecule has 3 heteroatoms. The second-order valence-electron chi connectivity index (χ2n) is 9.51. The van der Waals surface area contributed by atoms with Crippen molar-refractivity contribution in [1.82, 2.24) is 4.90 Å². The minimum atomic E-state index is 0.287. The third-order valence-corrected chi connectivity index (χ3v) is 7.67. The standard InChI is InChI=1S/C25H38N2O/c1-20-10-14-24(15-11-20)26-16-18-27(19-17-26)25(28)23-9-5-4-8-22(12-13-23)21-6-2-3-7-21/h10-11,14-15,21-23H,2-9,12-13,16-19H2,1H3. The molecule has 3 fully saturated rings. The number of hydrogen-bond acceptors (Lipinski definition) is 2. The molecule has 0 bridgehead atoms. The van der Waals surface area contributed by atoms with Crippen molar-refractivity contribution in [3.8, 4) is 0 Å². The summed E-state index contributed by atoms with van der Waals surface area (Å²) < 4.78 is 0. The van der Waals surface area contributed by atoms with Gasteiger partial charge in [0.25, 0.3) is 0 Å². The van der Waals surface area contributed by atoms with Gasteiger partial charge in [0.15, 0.2) is 0 Å². The van der Waals surface area contributed by atoms with Gasteiger partial charge in [-0.1, -0.05) is 62.6 Å². The molecule has 2 atom stereocenters. The number of carbonyl (C=O) groups excluding carboxylic acids is 1. The number of anilines is 1. The number of benzene rings is 1. The third-order valence-electron chi connectivity index (χ3n) is 7.67. The Bertz CT molecular complexity index is 626. The predicted molar refractivity (Wildman–Crippen MR) is 117 cm³/mol. The fourth-order valence-electron chi connectivity index (χ4n) is 5.85. The lowest BCUT2D eigenvalue weighted by atomic mass is 9.78. The summed E-state index contributed by atoms with van der Waals surface area (Å²) in [6.07, 6.45) is 13.3. The molecule has 28 heavy (non-hydrogen) atoms. The van der Waals surface area contributed by atoms with Crippen LogP contribution in [0, 0.1) is 24.7 Å². The minimum absolute atomic E-state index is 0.287. The van der Waals surface area contributed by atoms with Crippen molar-refractivity contribution in [2.24, 2.45) is 17.8 Å². The Balaban J connectivity index is 1.29. The fraction of sp³-hybridized carbons (Fsp3) is 0.720. The summed E-state index contributed by atoms with van der Waals surface area (Å²) in [7, 11) is 0. The summed E-state index contributed by atoms with van der Waals surface area (Å²) in [5.74, 6) is 2.61. The van der Waals surface area contributed by atoms with E-state index < -0.39 is 0 Å². The van der Waals surface area contributed by atoms with E-state index in [-0.39, 0.29) is 5.92 Å². The highest BCUT2D eigenvalue weighted by Gasteiger charge is 2.31. The van der Waals surface area contributed by atoms with Crippen molar-refractivity contribution >= 4 is 11.6 Å². The molecular weight excluding hydrogens is 344 g/mol. The van der Waals surface area contributed by atoms with Gasteiger partial charge >= 0.3 is 0 Å². The van der Waals surface area contributed by atoms with Crippen LogP contribution >= 0.6 is 0 Å². The highest BCUT2D eigenvalue weighted by Crippen LogP contribution is 2.39. The summed E-state index contributed by atoms with van der Waals surface area (Å²) >= 11 is 0. The van der Waals surface area contributed by atoms with E-state index in [1.54, 1.807) is 0 Å². The van der Waals surface area contributed by atoms with Crippen LogP contribution in [-0.2, 0) is 4.79 Å². The van der Waals surface area contributed by atoms with E-state index in [1.165, 1.54) is 62.6 Å². The summed E-state index contributed by atoms with van der Waals surface area (Å²) in [4.78, 5) is 17.8. The second-order valence-corrected chi connectivity index (χ2v) is 9.51. The maximum absolute atomic E-state index is 13.2. The third kappa shape index (κ3) is 4.72. The molecule has 0 N–H and O–H groups in total. The van der Waals surface area contributed by atoms with E-state index >= 15 is 0 Å². The molecular formula is C25H38N2O. The number of nitrogens with zero attached hydrogens (tertiary/aromatic N) is 2. The molecule has 154 valence electrons. The lowest BCUT2D eigenvalue weighted by Crippen LogP contribution is -2.50. The van der Waals surface area contributed by atoms with E-state index in [4.69, 9.17) is 0 Å². The number of carbonyl (C=O) groups is 1. The zero-order chi connectivity index (χ0) is 19.3. The minimum Gasteiger partial charge on any atom is -0.368 e. The molecule has 1 aromatic carbocycles. The van der Waals surface area contributed by atoms with Crippen LogP contribution in [0.2, 0.25) is 0 Å².